The van der Waals surface area contributed by atoms with E-state index in [1.165, 1.54) is 16.8 Å². The number of nitrogens with one attached hydrogen (secondary N) is 1. The number of amides is 1. The van der Waals surface area contributed by atoms with Crippen LogP contribution in [0.4, 0.5) is 4.39 Å². The molecule has 1 N–H and O–H groups in total. The predicted octanol–water partition coefficient (Wildman–Crippen LogP) is 3.22. The summed E-state index contributed by atoms with van der Waals surface area (Å²) in [4.78, 5) is 12.5. The molecular weight excluding hydrogens is 361 g/mol. The van der Waals surface area contributed by atoms with Gasteiger partial charge in [0.1, 0.15) is 11.5 Å². The average molecular weight is 383 g/mol. The standard InChI is InChI=1S/C21H22FN3O3/c1-25-18(13-17(24-25)15-5-4-6-16(22)12-15)21(26)23-10-9-14-7-8-19(27-2)20(11-14)28-3/h4-8,11-13H,9-10H2,1-3H3,(H,23,26). The molecule has 1 heterocycles. The van der Waals surface area contributed by atoms with E-state index in [0.29, 0.717) is 41.4 Å². The number of aromatic nitrogens is 2. The molecule has 1 amide bonds. The highest BCUT2D eigenvalue weighted by Crippen LogP contribution is 2.27. The molecule has 0 aliphatic rings. The monoisotopic (exact) mass is 383 g/mol. The van der Waals surface area contributed by atoms with Crippen molar-refractivity contribution < 1.29 is 18.7 Å². The summed E-state index contributed by atoms with van der Waals surface area (Å²) >= 11 is 0. The Hall–Kier alpha value is -3.35. The van der Waals surface area contributed by atoms with Crippen LogP contribution in [0.3, 0.4) is 0 Å². The molecular formula is C21H22FN3O3. The molecule has 0 saturated carbocycles. The van der Waals surface area contributed by atoms with Gasteiger partial charge in [0.15, 0.2) is 11.5 Å². The zero-order valence-electron chi connectivity index (χ0n) is 16.0. The van der Waals surface area contributed by atoms with Gasteiger partial charge in [-0.1, -0.05) is 18.2 Å². The fourth-order valence-electron chi connectivity index (χ4n) is 2.92. The van der Waals surface area contributed by atoms with Crippen LogP contribution in [0.1, 0.15) is 16.1 Å². The van der Waals surface area contributed by atoms with Crippen molar-refractivity contribution in [2.24, 2.45) is 7.05 Å². The van der Waals surface area contributed by atoms with E-state index in [2.05, 4.69) is 10.4 Å². The van der Waals surface area contributed by atoms with Crippen LogP contribution in [0, 0.1) is 5.82 Å². The first kappa shape index (κ1) is 19.4. The molecule has 7 heteroatoms. The maximum atomic E-state index is 13.4. The van der Waals surface area contributed by atoms with Crippen LogP contribution in [0.15, 0.2) is 48.5 Å². The van der Waals surface area contributed by atoms with Gasteiger partial charge in [0.2, 0.25) is 0 Å². The average Bonchev–Trinajstić information content (AvgIpc) is 3.09. The second-order valence-electron chi connectivity index (χ2n) is 6.24. The van der Waals surface area contributed by atoms with Gasteiger partial charge in [-0.25, -0.2) is 4.39 Å². The molecule has 3 aromatic rings. The lowest BCUT2D eigenvalue weighted by Gasteiger charge is -2.10. The van der Waals surface area contributed by atoms with Crippen molar-refractivity contribution in [2.45, 2.75) is 6.42 Å². The summed E-state index contributed by atoms with van der Waals surface area (Å²) < 4.78 is 25.4. The molecule has 0 aliphatic heterocycles. The first-order valence-electron chi connectivity index (χ1n) is 8.81. The Morgan fingerprint density at radius 2 is 1.89 bits per heavy atom. The van der Waals surface area contributed by atoms with Crippen LogP contribution >= 0.6 is 0 Å². The molecule has 2 aromatic carbocycles. The smallest absolute Gasteiger partial charge is 0.269 e. The van der Waals surface area contributed by atoms with Crippen LogP contribution in [0.2, 0.25) is 0 Å². The molecule has 0 bridgehead atoms. The Morgan fingerprint density at radius 3 is 2.61 bits per heavy atom. The molecule has 0 spiro atoms. The van der Waals surface area contributed by atoms with Gasteiger partial charge in [-0.15, -0.1) is 0 Å². The first-order valence-corrected chi connectivity index (χ1v) is 8.81. The fourth-order valence-corrected chi connectivity index (χ4v) is 2.92. The third-order valence-electron chi connectivity index (χ3n) is 4.38. The summed E-state index contributed by atoms with van der Waals surface area (Å²) in [6, 6.07) is 13.4. The summed E-state index contributed by atoms with van der Waals surface area (Å²) in [5.41, 5.74) is 2.60. The van der Waals surface area contributed by atoms with Gasteiger partial charge in [-0.05, 0) is 42.3 Å². The summed E-state index contributed by atoms with van der Waals surface area (Å²) in [7, 11) is 4.86. The number of methoxy groups -OCH3 is 2. The molecule has 0 fully saturated rings. The Labute approximate surface area is 162 Å². The summed E-state index contributed by atoms with van der Waals surface area (Å²) in [6.07, 6.45) is 0.640. The van der Waals surface area contributed by atoms with Crippen LogP contribution < -0.4 is 14.8 Å². The number of ether oxygens (including phenoxy) is 2. The Kier molecular flexibility index (Phi) is 5.93. The van der Waals surface area contributed by atoms with Crippen LogP contribution in [-0.4, -0.2) is 36.5 Å². The third kappa shape index (κ3) is 4.31. The third-order valence-corrected chi connectivity index (χ3v) is 4.38. The molecule has 28 heavy (non-hydrogen) atoms. The molecule has 3 rings (SSSR count). The molecule has 146 valence electrons. The number of carbonyl (C=O) groups excluding carboxylic acids is 1. The minimum absolute atomic E-state index is 0.238. The molecule has 1 aromatic heterocycles. The Balaban J connectivity index is 1.64. The quantitative estimate of drug-likeness (QED) is 0.680. The van der Waals surface area contributed by atoms with E-state index in [4.69, 9.17) is 9.47 Å². The van der Waals surface area contributed by atoms with Crippen LogP contribution in [-0.2, 0) is 13.5 Å². The number of aryl methyl sites for hydroxylation is 1. The number of hydrogen-bond donors (Lipinski definition) is 1. The van der Waals surface area contributed by atoms with Gasteiger partial charge < -0.3 is 14.8 Å². The second-order valence-corrected chi connectivity index (χ2v) is 6.24. The molecule has 0 unspecified atom stereocenters. The summed E-state index contributed by atoms with van der Waals surface area (Å²) in [5, 5.41) is 7.19. The van der Waals surface area contributed by atoms with E-state index >= 15 is 0 Å². The molecule has 6 nitrogen and oxygen atoms in total. The van der Waals surface area contributed by atoms with E-state index in [1.54, 1.807) is 39.5 Å². The maximum Gasteiger partial charge on any atom is 0.269 e. The minimum Gasteiger partial charge on any atom is -0.493 e. The minimum atomic E-state index is -0.343. The van der Waals surface area contributed by atoms with Crippen molar-refractivity contribution in [3.8, 4) is 22.8 Å². The zero-order chi connectivity index (χ0) is 20.1. The van der Waals surface area contributed by atoms with Gasteiger partial charge in [-0.2, -0.15) is 5.10 Å². The summed E-state index contributed by atoms with van der Waals surface area (Å²) in [5.74, 6) is 0.731. The molecule has 0 aliphatic carbocycles. The van der Waals surface area contributed by atoms with Crippen LogP contribution in [0.25, 0.3) is 11.3 Å². The van der Waals surface area contributed by atoms with Crippen molar-refractivity contribution in [3.63, 3.8) is 0 Å². The SMILES string of the molecule is COc1ccc(CCNC(=O)c2cc(-c3cccc(F)c3)nn2C)cc1OC. The topological polar surface area (TPSA) is 65.4 Å². The fraction of sp³-hybridized carbons (Fsp3) is 0.238. The van der Waals surface area contributed by atoms with E-state index in [-0.39, 0.29) is 11.7 Å². The number of benzene rings is 2. The van der Waals surface area contributed by atoms with Gasteiger partial charge in [0.05, 0.1) is 19.9 Å². The van der Waals surface area contributed by atoms with Gasteiger partial charge in [-0.3, -0.25) is 9.48 Å². The number of nitrogens with zero attached hydrogens (tertiary/aromatic N) is 2. The molecule has 0 radical (unpaired) electrons. The van der Waals surface area contributed by atoms with Crippen molar-refractivity contribution >= 4 is 5.91 Å². The van der Waals surface area contributed by atoms with Gasteiger partial charge >= 0.3 is 0 Å². The number of carbonyl (C=O) groups is 1. The zero-order valence-corrected chi connectivity index (χ0v) is 16.0. The van der Waals surface area contributed by atoms with Crippen molar-refractivity contribution in [1.82, 2.24) is 15.1 Å². The van der Waals surface area contributed by atoms with E-state index in [1.807, 2.05) is 18.2 Å². The molecule has 0 saturated heterocycles. The summed E-state index contributed by atoms with van der Waals surface area (Å²) in [6.45, 7) is 0.453. The van der Waals surface area contributed by atoms with Crippen LogP contribution in [0.5, 0.6) is 11.5 Å². The van der Waals surface area contributed by atoms with E-state index in [0.717, 1.165) is 5.56 Å². The van der Waals surface area contributed by atoms with Gasteiger partial charge in [0.25, 0.3) is 5.91 Å². The lowest BCUT2D eigenvalue weighted by Crippen LogP contribution is -2.27. The molecule has 0 atom stereocenters. The first-order chi connectivity index (χ1) is 13.5. The van der Waals surface area contributed by atoms with Crippen molar-refractivity contribution in [1.29, 1.82) is 0 Å². The van der Waals surface area contributed by atoms with Crippen molar-refractivity contribution in [2.75, 3.05) is 20.8 Å². The normalized spacial score (nSPS) is 10.6. The highest BCUT2D eigenvalue weighted by molar-refractivity contribution is 5.93. The highest BCUT2D eigenvalue weighted by Gasteiger charge is 2.14. The lowest BCUT2D eigenvalue weighted by molar-refractivity contribution is 0.0944. The Bertz CT molecular complexity index is 985. The number of hydrogen-bond acceptors (Lipinski definition) is 4. The van der Waals surface area contributed by atoms with E-state index in [9.17, 15) is 9.18 Å². The highest BCUT2D eigenvalue weighted by atomic mass is 19.1. The Morgan fingerprint density at radius 1 is 1.11 bits per heavy atom. The lowest BCUT2D eigenvalue weighted by atomic mass is 10.1. The van der Waals surface area contributed by atoms with Crippen molar-refractivity contribution in [3.05, 3.63) is 65.6 Å². The van der Waals surface area contributed by atoms with E-state index < -0.39 is 0 Å². The van der Waals surface area contributed by atoms with Gasteiger partial charge in [0, 0.05) is 19.2 Å². The number of halogens is 1. The number of rotatable bonds is 7. The maximum absolute atomic E-state index is 13.4. The second kappa shape index (κ2) is 8.56. The largest absolute Gasteiger partial charge is 0.493 e. The predicted molar refractivity (Wildman–Crippen MR) is 104 cm³/mol.